The highest BCUT2D eigenvalue weighted by atomic mass is 16.6. The van der Waals surface area contributed by atoms with Crippen LogP contribution in [0.1, 0.15) is 12.6 Å². The van der Waals surface area contributed by atoms with Gasteiger partial charge in [0.05, 0.1) is 24.7 Å². The molecule has 0 radical (unpaired) electrons. The zero-order valence-corrected chi connectivity index (χ0v) is 12.4. The Balaban J connectivity index is 2.71. The quantitative estimate of drug-likeness (QED) is 0.389. The molecule has 0 unspecified atom stereocenters. The molecule has 0 amide bonds. The summed E-state index contributed by atoms with van der Waals surface area (Å²) in [6.45, 7) is 5.40. The average molecular weight is 300 g/mol. The molecule has 0 atom stereocenters. The molecule has 0 saturated carbocycles. The lowest BCUT2D eigenvalue weighted by atomic mass is 10.3. The number of nitrogens with one attached hydrogen (secondary N) is 1. The van der Waals surface area contributed by atoms with E-state index >= 15 is 0 Å². The van der Waals surface area contributed by atoms with Crippen molar-refractivity contribution in [3.8, 4) is 5.88 Å². The standard InChI is InChI=1S/C12H20N4O5/c1-4-13-12-14-9(2)10(16(17)18)11(15-12)21-8-7-20-6-5-19-3/h4-8H2,1-3H3,(H,13,14,15). The van der Waals surface area contributed by atoms with Crippen molar-refractivity contribution in [2.45, 2.75) is 13.8 Å². The highest BCUT2D eigenvalue weighted by Gasteiger charge is 2.23. The molecule has 0 spiro atoms. The van der Waals surface area contributed by atoms with E-state index in [0.717, 1.165) is 0 Å². The molecular formula is C12H20N4O5. The molecule has 0 fully saturated rings. The van der Waals surface area contributed by atoms with Crippen LogP contribution in [0.25, 0.3) is 0 Å². The largest absolute Gasteiger partial charge is 0.470 e. The van der Waals surface area contributed by atoms with Crippen molar-refractivity contribution in [1.29, 1.82) is 0 Å². The first-order chi connectivity index (χ1) is 10.1. The number of nitro groups is 1. The molecular weight excluding hydrogens is 280 g/mol. The van der Waals surface area contributed by atoms with Crippen molar-refractivity contribution in [1.82, 2.24) is 9.97 Å². The maximum absolute atomic E-state index is 11.1. The summed E-state index contributed by atoms with van der Waals surface area (Å²) in [4.78, 5) is 18.5. The zero-order valence-electron chi connectivity index (χ0n) is 12.4. The van der Waals surface area contributed by atoms with Crippen molar-refractivity contribution >= 4 is 11.6 Å². The summed E-state index contributed by atoms with van der Waals surface area (Å²) in [6, 6.07) is 0. The molecule has 1 aromatic heterocycles. The number of nitrogens with zero attached hydrogens (tertiary/aromatic N) is 3. The summed E-state index contributed by atoms with van der Waals surface area (Å²) in [5.41, 5.74) is 0.0230. The maximum Gasteiger partial charge on any atom is 0.352 e. The van der Waals surface area contributed by atoms with Gasteiger partial charge in [0, 0.05) is 13.7 Å². The van der Waals surface area contributed by atoms with E-state index in [9.17, 15) is 10.1 Å². The first-order valence-electron chi connectivity index (χ1n) is 6.56. The third kappa shape index (κ3) is 5.48. The van der Waals surface area contributed by atoms with Gasteiger partial charge in [-0.1, -0.05) is 0 Å². The van der Waals surface area contributed by atoms with Crippen LogP contribution in [0, 0.1) is 17.0 Å². The van der Waals surface area contributed by atoms with Crippen LogP contribution < -0.4 is 10.1 Å². The van der Waals surface area contributed by atoms with Crippen molar-refractivity contribution in [3.05, 3.63) is 15.8 Å². The van der Waals surface area contributed by atoms with Crippen LogP contribution in [-0.4, -0.2) is 55.0 Å². The summed E-state index contributed by atoms with van der Waals surface area (Å²) in [6.07, 6.45) is 0. The third-order valence-corrected chi connectivity index (χ3v) is 2.44. The zero-order chi connectivity index (χ0) is 15.7. The van der Waals surface area contributed by atoms with E-state index < -0.39 is 4.92 Å². The highest BCUT2D eigenvalue weighted by Crippen LogP contribution is 2.28. The number of hydrogen-bond donors (Lipinski definition) is 1. The molecule has 0 saturated heterocycles. The van der Waals surface area contributed by atoms with Gasteiger partial charge in [0.15, 0.2) is 0 Å². The molecule has 1 aromatic rings. The maximum atomic E-state index is 11.1. The molecule has 0 aliphatic heterocycles. The summed E-state index contributed by atoms with van der Waals surface area (Å²) in [7, 11) is 1.58. The minimum atomic E-state index is -0.549. The van der Waals surface area contributed by atoms with Crippen LogP contribution in [-0.2, 0) is 9.47 Å². The topological polar surface area (TPSA) is 109 Å². The van der Waals surface area contributed by atoms with E-state index in [1.165, 1.54) is 0 Å². The summed E-state index contributed by atoms with van der Waals surface area (Å²) in [5, 5.41) is 14.0. The SMILES string of the molecule is CCNc1nc(C)c([N+](=O)[O-])c(OCCOCCOC)n1. The molecule has 1 N–H and O–H groups in total. The fourth-order valence-electron chi connectivity index (χ4n) is 1.53. The molecule has 0 aromatic carbocycles. The second-order valence-corrected chi connectivity index (χ2v) is 4.03. The van der Waals surface area contributed by atoms with E-state index in [2.05, 4.69) is 15.3 Å². The molecule has 118 valence electrons. The lowest BCUT2D eigenvalue weighted by Gasteiger charge is -2.09. The highest BCUT2D eigenvalue weighted by molar-refractivity contribution is 5.48. The summed E-state index contributed by atoms with van der Waals surface area (Å²) < 4.78 is 15.4. The van der Waals surface area contributed by atoms with Gasteiger partial charge in [0.1, 0.15) is 12.3 Å². The number of methoxy groups -OCH3 is 1. The first kappa shape index (κ1) is 17.1. The minimum absolute atomic E-state index is 0.0567. The van der Waals surface area contributed by atoms with Gasteiger partial charge < -0.3 is 19.5 Å². The van der Waals surface area contributed by atoms with Gasteiger partial charge in [-0.15, -0.1) is 0 Å². The number of anilines is 1. The average Bonchev–Trinajstić information content (AvgIpc) is 2.42. The smallest absolute Gasteiger partial charge is 0.352 e. The number of aromatic nitrogens is 2. The molecule has 0 bridgehead atoms. The van der Waals surface area contributed by atoms with E-state index in [-0.39, 0.29) is 23.9 Å². The Morgan fingerprint density at radius 1 is 1.24 bits per heavy atom. The van der Waals surface area contributed by atoms with Crippen LogP contribution in [0.3, 0.4) is 0 Å². The molecule has 0 aliphatic rings. The second-order valence-electron chi connectivity index (χ2n) is 4.03. The number of ether oxygens (including phenoxy) is 3. The molecule has 9 heteroatoms. The Morgan fingerprint density at radius 2 is 1.95 bits per heavy atom. The number of aryl methyl sites for hydroxylation is 1. The van der Waals surface area contributed by atoms with Crippen LogP contribution >= 0.6 is 0 Å². The Morgan fingerprint density at radius 3 is 2.57 bits per heavy atom. The summed E-state index contributed by atoms with van der Waals surface area (Å²) >= 11 is 0. The molecule has 0 aliphatic carbocycles. The van der Waals surface area contributed by atoms with E-state index in [1.54, 1.807) is 14.0 Å². The Kier molecular flexibility index (Phi) is 7.33. The van der Waals surface area contributed by atoms with Gasteiger partial charge in [-0.05, 0) is 13.8 Å². The third-order valence-electron chi connectivity index (χ3n) is 2.44. The Labute approximate surface area is 122 Å². The minimum Gasteiger partial charge on any atom is -0.470 e. The van der Waals surface area contributed by atoms with Crippen LogP contribution in [0.5, 0.6) is 5.88 Å². The van der Waals surface area contributed by atoms with Crippen molar-refractivity contribution in [3.63, 3.8) is 0 Å². The van der Waals surface area contributed by atoms with Gasteiger partial charge in [-0.25, -0.2) is 4.98 Å². The fraction of sp³-hybridized carbons (Fsp3) is 0.667. The molecule has 1 rings (SSSR count). The van der Waals surface area contributed by atoms with Crippen LogP contribution in [0.15, 0.2) is 0 Å². The normalized spacial score (nSPS) is 10.4. The van der Waals surface area contributed by atoms with Gasteiger partial charge in [0.25, 0.3) is 5.88 Å². The van der Waals surface area contributed by atoms with Gasteiger partial charge >= 0.3 is 5.69 Å². The van der Waals surface area contributed by atoms with Crippen molar-refractivity contribution in [2.24, 2.45) is 0 Å². The van der Waals surface area contributed by atoms with Crippen LogP contribution in [0.4, 0.5) is 11.6 Å². The number of rotatable bonds is 10. The monoisotopic (exact) mass is 300 g/mol. The van der Waals surface area contributed by atoms with E-state index in [0.29, 0.717) is 32.3 Å². The molecule has 9 nitrogen and oxygen atoms in total. The first-order valence-corrected chi connectivity index (χ1v) is 6.56. The van der Waals surface area contributed by atoms with Crippen molar-refractivity contribution in [2.75, 3.05) is 45.4 Å². The predicted octanol–water partition coefficient (Wildman–Crippen LogP) is 1.17. The lowest BCUT2D eigenvalue weighted by molar-refractivity contribution is -0.387. The van der Waals surface area contributed by atoms with Gasteiger partial charge in [0.2, 0.25) is 5.95 Å². The Hall–Kier alpha value is -2.00. The fourth-order valence-corrected chi connectivity index (χ4v) is 1.53. The van der Waals surface area contributed by atoms with Crippen molar-refractivity contribution < 1.29 is 19.1 Å². The van der Waals surface area contributed by atoms with Crippen LogP contribution in [0.2, 0.25) is 0 Å². The Bertz CT molecular complexity index is 469. The molecule has 1 heterocycles. The lowest BCUT2D eigenvalue weighted by Crippen LogP contribution is -2.13. The predicted molar refractivity (Wildman–Crippen MR) is 75.8 cm³/mol. The summed E-state index contributed by atoms with van der Waals surface area (Å²) in [5.74, 6) is 0.245. The number of hydrogen-bond acceptors (Lipinski definition) is 8. The van der Waals surface area contributed by atoms with Gasteiger partial charge in [-0.3, -0.25) is 10.1 Å². The van der Waals surface area contributed by atoms with Gasteiger partial charge in [-0.2, -0.15) is 4.98 Å². The second kappa shape index (κ2) is 9.03. The molecule has 21 heavy (non-hydrogen) atoms. The van der Waals surface area contributed by atoms with E-state index in [4.69, 9.17) is 14.2 Å². The van der Waals surface area contributed by atoms with E-state index in [1.807, 2.05) is 6.92 Å².